The van der Waals surface area contributed by atoms with Crippen LogP contribution in [0.25, 0.3) is 0 Å². The highest BCUT2D eigenvalue weighted by atomic mass is 19.1. The van der Waals surface area contributed by atoms with E-state index in [9.17, 15) is 4.39 Å². The molecule has 11 heavy (non-hydrogen) atoms. The summed E-state index contributed by atoms with van der Waals surface area (Å²) in [7, 11) is 0. The zero-order valence-electron chi connectivity index (χ0n) is 7.60. The van der Waals surface area contributed by atoms with Gasteiger partial charge >= 0.3 is 0 Å². The van der Waals surface area contributed by atoms with Crippen LogP contribution in [0.1, 0.15) is 33.6 Å². The van der Waals surface area contributed by atoms with Gasteiger partial charge in [-0.15, -0.1) is 0 Å². The quantitative estimate of drug-likeness (QED) is 0.511. The lowest BCUT2D eigenvalue weighted by atomic mass is 9.80. The van der Waals surface area contributed by atoms with Crippen LogP contribution in [0, 0.1) is 11.8 Å². The topological polar surface area (TPSA) is 0 Å². The first kappa shape index (κ1) is 8.76. The molecule has 0 heterocycles. The van der Waals surface area contributed by atoms with Gasteiger partial charge in [-0.3, -0.25) is 0 Å². The fourth-order valence-corrected chi connectivity index (χ4v) is 1.77. The molecule has 0 saturated carbocycles. The molecule has 0 amide bonds. The Labute approximate surface area is 68.5 Å². The molecule has 0 radical (unpaired) electrons. The molecule has 2 atom stereocenters. The molecule has 0 aliphatic heterocycles. The first-order valence-corrected chi connectivity index (χ1v) is 4.43. The van der Waals surface area contributed by atoms with Crippen LogP contribution in [0.15, 0.2) is 11.6 Å². The van der Waals surface area contributed by atoms with E-state index in [1.54, 1.807) is 0 Å². The monoisotopic (exact) mass is 156 g/mol. The highest BCUT2D eigenvalue weighted by Crippen LogP contribution is 2.32. The van der Waals surface area contributed by atoms with E-state index in [-0.39, 0.29) is 5.92 Å². The molecular weight excluding hydrogens is 139 g/mol. The summed E-state index contributed by atoms with van der Waals surface area (Å²) < 4.78 is 13.4. The van der Waals surface area contributed by atoms with Gasteiger partial charge in [0.1, 0.15) is 6.17 Å². The fourth-order valence-electron chi connectivity index (χ4n) is 1.77. The predicted molar refractivity (Wildman–Crippen MR) is 46.2 cm³/mol. The second-order valence-electron chi connectivity index (χ2n) is 3.84. The van der Waals surface area contributed by atoms with Crippen molar-refractivity contribution in [2.45, 2.75) is 39.8 Å². The molecule has 0 bridgehead atoms. The van der Waals surface area contributed by atoms with E-state index in [0.717, 1.165) is 18.4 Å². The Morgan fingerprint density at radius 3 is 2.64 bits per heavy atom. The third-order valence-electron chi connectivity index (χ3n) is 2.63. The number of hydrogen-bond donors (Lipinski definition) is 0. The third kappa shape index (κ3) is 1.82. The van der Waals surface area contributed by atoms with Gasteiger partial charge in [0.15, 0.2) is 0 Å². The van der Waals surface area contributed by atoms with Crippen molar-refractivity contribution in [3.63, 3.8) is 0 Å². The van der Waals surface area contributed by atoms with Crippen molar-refractivity contribution >= 4 is 0 Å². The summed E-state index contributed by atoms with van der Waals surface area (Å²) >= 11 is 0. The Bertz CT molecular complexity index is 158. The number of rotatable bonds is 1. The Morgan fingerprint density at radius 1 is 1.55 bits per heavy atom. The highest BCUT2D eigenvalue weighted by molar-refractivity contribution is 5.10. The SMILES string of the molecule is CC1=CCCC(C(C)C)C1F. The Kier molecular flexibility index (Phi) is 2.69. The Morgan fingerprint density at radius 2 is 2.18 bits per heavy atom. The molecule has 2 unspecified atom stereocenters. The van der Waals surface area contributed by atoms with Crippen molar-refractivity contribution < 1.29 is 4.39 Å². The predicted octanol–water partition coefficient (Wildman–Crippen LogP) is 3.34. The lowest BCUT2D eigenvalue weighted by Crippen LogP contribution is -2.25. The minimum absolute atomic E-state index is 0.264. The molecule has 0 aromatic rings. The average molecular weight is 156 g/mol. The van der Waals surface area contributed by atoms with Crippen molar-refractivity contribution in [2.24, 2.45) is 11.8 Å². The van der Waals surface area contributed by atoms with E-state index in [1.807, 2.05) is 13.0 Å². The van der Waals surface area contributed by atoms with Gasteiger partial charge in [0.05, 0.1) is 0 Å². The van der Waals surface area contributed by atoms with Crippen molar-refractivity contribution in [3.8, 4) is 0 Å². The van der Waals surface area contributed by atoms with Crippen LogP contribution in [0.5, 0.6) is 0 Å². The minimum atomic E-state index is -0.677. The summed E-state index contributed by atoms with van der Waals surface area (Å²) in [6.45, 7) is 6.12. The van der Waals surface area contributed by atoms with E-state index < -0.39 is 6.17 Å². The molecule has 64 valence electrons. The Hall–Kier alpha value is -0.330. The maximum absolute atomic E-state index is 13.4. The summed E-state index contributed by atoms with van der Waals surface area (Å²) in [6.07, 6.45) is 3.44. The molecule has 1 heteroatoms. The zero-order chi connectivity index (χ0) is 8.43. The van der Waals surface area contributed by atoms with Crippen LogP contribution < -0.4 is 0 Å². The molecule has 0 spiro atoms. The number of hydrogen-bond acceptors (Lipinski definition) is 0. The molecule has 1 aliphatic carbocycles. The van der Waals surface area contributed by atoms with E-state index in [1.165, 1.54) is 0 Å². The average Bonchev–Trinajstić information content (AvgIpc) is 1.94. The van der Waals surface area contributed by atoms with Crippen LogP contribution in [0.3, 0.4) is 0 Å². The molecule has 0 aromatic carbocycles. The number of allylic oxidation sites excluding steroid dienone is 2. The molecule has 1 rings (SSSR count). The fraction of sp³-hybridized carbons (Fsp3) is 0.800. The van der Waals surface area contributed by atoms with Gasteiger partial charge < -0.3 is 0 Å². The number of alkyl halides is 1. The summed E-state index contributed by atoms with van der Waals surface area (Å²) in [6, 6.07) is 0. The van der Waals surface area contributed by atoms with Crippen molar-refractivity contribution in [1.82, 2.24) is 0 Å². The van der Waals surface area contributed by atoms with Crippen LogP contribution >= 0.6 is 0 Å². The van der Waals surface area contributed by atoms with E-state index in [0.29, 0.717) is 5.92 Å². The standard InChI is InChI=1S/C10H17F/c1-7(2)9-6-4-5-8(3)10(9)11/h5,7,9-10H,4,6H2,1-3H3. The lowest BCUT2D eigenvalue weighted by Gasteiger charge is -2.28. The molecular formula is C10H17F. The van der Waals surface area contributed by atoms with Crippen LogP contribution in [-0.2, 0) is 0 Å². The van der Waals surface area contributed by atoms with Crippen molar-refractivity contribution in [1.29, 1.82) is 0 Å². The first-order valence-electron chi connectivity index (χ1n) is 4.43. The smallest absolute Gasteiger partial charge is 0.124 e. The van der Waals surface area contributed by atoms with Crippen LogP contribution in [0.2, 0.25) is 0 Å². The Balaban J connectivity index is 2.64. The van der Waals surface area contributed by atoms with E-state index in [4.69, 9.17) is 0 Å². The number of halogens is 1. The maximum atomic E-state index is 13.4. The lowest BCUT2D eigenvalue weighted by molar-refractivity contribution is 0.192. The van der Waals surface area contributed by atoms with Gasteiger partial charge in [0, 0.05) is 0 Å². The van der Waals surface area contributed by atoms with Crippen molar-refractivity contribution in [2.75, 3.05) is 0 Å². The van der Waals surface area contributed by atoms with Gasteiger partial charge in [-0.2, -0.15) is 0 Å². The summed E-state index contributed by atoms with van der Waals surface area (Å²) in [5.41, 5.74) is 0.940. The summed E-state index contributed by atoms with van der Waals surface area (Å²) in [4.78, 5) is 0. The van der Waals surface area contributed by atoms with Crippen LogP contribution in [-0.4, -0.2) is 6.17 Å². The maximum Gasteiger partial charge on any atom is 0.124 e. The van der Waals surface area contributed by atoms with Gasteiger partial charge in [0.25, 0.3) is 0 Å². The summed E-state index contributed by atoms with van der Waals surface area (Å²) in [5.74, 6) is 0.744. The highest BCUT2D eigenvalue weighted by Gasteiger charge is 2.27. The van der Waals surface area contributed by atoms with Gasteiger partial charge in [-0.25, -0.2) is 4.39 Å². The second-order valence-corrected chi connectivity index (χ2v) is 3.84. The minimum Gasteiger partial charge on any atom is -0.242 e. The zero-order valence-corrected chi connectivity index (χ0v) is 7.60. The van der Waals surface area contributed by atoms with E-state index in [2.05, 4.69) is 13.8 Å². The summed E-state index contributed by atoms with van der Waals surface area (Å²) in [5, 5.41) is 0. The normalized spacial score (nSPS) is 32.3. The van der Waals surface area contributed by atoms with Gasteiger partial charge in [0.2, 0.25) is 0 Å². The first-order chi connectivity index (χ1) is 5.13. The molecule has 0 fully saturated rings. The molecule has 1 aliphatic rings. The van der Waals surface area contributed by atoms with Crippen molar-refractivity contribution in [3.05, 3.63) is 11.6 Å². The molecule has 0 aromatic heterocycles. The second kappa shape index (κ2) is 3.38. The molecule has 0 N–H and O–H groups in total. The van der Waals surface area contributed by atoms with E-state index >= 15 is 0 Å². The van der Waals surface area contributed by atoms with Crippen LogP contribution in [0.4, 0.5) is 4.39 Å². The van der Waals surface area contributed by atoms with Gasteiger partial charge in [-0.1, -0.05) is 19.9 Å². The largest absolute Gasteiger partial charge is 0.242 e. The third-order valence-corrected chi connectivity index (χ3v) is 2.63. The van der Waals surface area contributed by atoms with Gasteiger partial charge in [-0.05, 0) is 37.2 Å². The molecule has 0 nitrogen and oxygen atoms in total. The molecule has 0 saturated heterocycles.